The highest BCUT2D eigenvalue weighted by Gasteiger charge is 2.34. The summed E-state index contributed by atoms with van der Waals surface area (Å²) >= 11 is 7.55. The summed E-state index contributed by atoms with van der Waals surface area (Å²) in [7, 11) is 0. The molecule has 1 amide bonds. The number of aromatic carboxylic acids is 1. The van der Waals surface area contributed by atoms with Crippen molar-refractivity contribution in [1.82, 2.24) is 25.6 Å². The summed E-state index contributed by atoms with van der Waals surface area (Å²) in [4.78, 5) is 38.8. The molecule has 1 saturated heterocycles. The number of imidazole rings is 1. The van der Waals surface area contributed by atoms with Crippen LogP contribution in [0.15, 0.2) is 18.2 Å². The molecule has 5 rings (SSSR count). The zero-order valence-electron chi connectivity index (χ0n) is 19.5. The number of anilines is 1. The van der Waals surface area contributed by atoms with Crippen molar-refractivity contribution in [1.29, 1.82) is 0 Å². The molecular weight excluding hydrogens is 488 g/mol. The fourth-order valence-electron chi connectivity index (χ4n) is 5.07. The molecule has 0 spiro atoms. The lowest BCUT2D eigenvalue weighted by Crippen LogP contribution is -2.61. The Hall–Kier alpha value is -2.69. The maximum atomic E-state index is 13.0. The van der Waals surface area contributed by atoms with Gasteiger partial charge in [0, 0.05) is 31.2 Å². The molecule has 1 aliphatic heterocycles. The monoisotopic (exact) mass is 516 g/mol. The van der Waals surface area contributed by atoms with E-state index in [1.54, 1.807) is 12.1 Å². The van der Waals surface area contributed by atoms with Gasteiger partial charge < -0.3 is 25.6 Å². The molecule has 2 fully saturated rings. The van der Waals surface area contributed by atoms with E-state index in [4.69, 9.17) is 16.6 Å². The molecule has 35 heavy (non-hydrogen) atoms. The number of amides is 1. The molecule has 3 aromatic rings. The summed E-state index contributed by atoms with van der Waals surface area (Å²) in [6.45, 7) is 3.33. The minimum absolute atomic E-state index is 0.0258. The molecule has 1 saturated carbocycles. The largest absolute Gasteiger partial charge is 0.478 e. The van der Waals surface area contributed by atoms with Crippen LogP contribution in [0.4, 0.5) is 5.13 Å². The second-order valence-electron chi connectivity index (χ2n) is 9.23. The van der Waals surface area contributed by atoms with Crippen LogP contribution in [0, 0.1) is 0 Å². The van der Waals surface area contributed by atoms with Crippen molar-refractivity contribution in [2.45, 2.75) is 63.6 Å². The summed E-state index contributed by atoms with van der Waals surface area (Å²) in [5.41, 5.74) is 1.73. The van der Waals surface area contributed by atoms with Gasteiger partial charge in [0.2, 0.25) is 0 Å². The van der Waals surface area contributed by atoms with E-state index in [0.717, 1.165) is 30.1 Å². The molecule has 0 unspecified atom stereocenters. The molecule has 2 atom stereocenters. The van der Waals surface area contributed by atoms with Gasteiger partial charge in [-0.25, -0.2) is 14.8 Å². The standard InChI is InChI=1S/C24H29ClN6O3S/c1-2-15-20(25)30-21(27-15)22(32)28-16-10-11-31(12-18(16)26-13-6-3-4-7-13)24-29-17-9-5-8-14(23(33)34)19(17)35-24/h5,8-9,13,16,18,26H,2-4,6-7,10-12H2,1H3,(H,27,30)(H,28,32)(H,33,34)/t16-,18+/m0/s1. The van der Waals surface area contributed by atoms with Crippen molar-refractivity contribution in [3.63, 3.8) is 0 Å². The van der Waals surface area contributed by atoms with Crippen LogP contribution in [0.2, 0.25) is 5.15 Å². The van der Waals surface area contributed by atoms with Gasteiger partial charge in [-0.05, 0) is 37.8 Å². The molecule has 11 heteroatoms. The van der Waals surface area contributed by atoms with Crippen molar-refractivity contribution in [2.24, 2.45) is 0 Å². The highest BCUT2D eigenvalue weighted by molar-refractivity contribution is 7.22. The number of nitrogens with zero attached hydrogens (tertiary/aromatic N) is 3. The number of carbonyl (C=O) groups is 2. The number of halogens is 1. The molecule has 0 radical (unpaired) electrons. The second-order valence-corrected chi connectivity index (χ2v) is 10.6. The van der Waals surface area contributed by atoms with Crippen molar-refractivity contribution >= 4 is 50.2 Å². The van der Waals surface area contributed by atoms with E-state index < -0.39 is 5.97 Å². The van der Waals surface area contributed by atoms with Gasteiger partial charge in [0.15, 0.2) is 16.1 Å². The van der Waals surface area contributed by atoms with E-state index in [1.165, 1.54) is 24.2 Å². The number of fused-ring (bicyclic) bond motifs is 1. The Balaban J connectivity index is 1.35. The zero-order valence-corrected chi connectivity index (χ0v) is 21.1. The Morgan fingerprint density at radius 3 is 2.74 bits per heavy atom. The number of rotatable bonds is 7. The Labute approximate surface area is 212 Å². The molecule has 9 nitrogen and oxygen atoms in total. The first-order chi connectivity index (χ1) is 16.9. The van der Waals surface area contributed by atoms with E-state index in [-0.39, 0.29) is 29.4 Å². The number of hydrogen-bond acceptors (Lipinski definition) is 7. The van der Waals surface area contributed by atoms with Crippen LogP contribution in [0.25, 0.3) is 10.2 Å². The van der Waals surface area contributed by atoms with Crippen molar-refractivity contribution < 1.29 is 14.7 Å². The number of carbonyl (C=O) groups excluding carboxylic acids is 1. The van der Waals surface area contributed by atoms with E-state index in [9.17, 15) is 14.7 Å². The summed E-state index contributed by atoms with van der Waals surface area (Å²) in [6.07, 6.45) is 6.10. The molecule has 3 heterocycles. The summed E-state index contributed by atoms with van der Waals surface area (Å²) in [5.74, 6) is -0.965. The Morgan fingerprint density at radius 1 is 1.23 bits per heavy atom. The maximum Gasteiger partial charge on any atom is 0.337 e. The molecule has 186 valence electrons. The fraction of sp³-hybridized carbons (Fsp3) is 0.500. The molecule has 0 bridgehead atoms. The van der Waals surface area contributed by atoms with Crippen LogP contribution < -0.4 is 15.5 Å². The number of carboxylic acid groups (broad SMARTS) is 1. The zero-order chi connectivity index (χ0) is 24.5. The number of aryl methyl sites for hydroxylation is 1. The predicted molar refractivity (Wildman–Crippen MR) is 137 cm³/mol. The first-order valence-corrected chi connectivity index (χ1v) is 13.3. The maximum absolute atomic E-state index is 13.0. The summed E-state index contributed by atoms with van der Waals surface area (Å²) in [5, 5.41) is 17.7. The lowest BCUT2D eigenvalue weighted by Gasteiger charge is -2.40. The van der Waals surface area contributed by atoms with Crippen LogP contribution >= 0.6 is 22.9 Å². The van der Waals surface area contributed by atoms with Gasteiger partial charge in [0.05, 0.1) is 21.5 Å². The first kappa shape index (κ1) is 24.0. The van der Waals surface area contributed by atoms with Crippen LogP contribution in [-0.2, 0) is 6.42 Å². The quantitative estimate of drug-likeness (QED) is 0.376. The van der Waals surface area contributed by atoms with E-state index in [2.05, 4.69) is 25.5 Å². The topological polar surface area (TPSA) is 123 Å². The SMILES string of the molecule is CCc1[nH]c(C(=O)N[C@H]2CCN(c3nc4cccc(C(=O)O)c4s3)C[C@H]2NC2CCCC2)nc1Cl. The lowest BCUT2D eigenvalue weighted by atomic mass is 9.98. The third kappa shape index (κ3) is 5.00. The van der Waals surface area contributed by atoms with Gasteiger partial charge in [0.25, 0.3) is 5.91 Å². The van der Waals surface area contributed by atoms with Gasteiger partial charge in [-0.1, -0.05) is 48.8 Å². The number of H-pyrrole nitrogens is 1. The molecule has 1 aliphatic carbocycles. The Bertz CT molecular complexity index is 1240. The van der Waals surface area contributed by atoms with Crippen LogP contribution in [0.1, 0.15) is 65.7 Å². The lowest BCUT2D eigenvalue weighted by molar-refractivity contribution is 0.0699. The number of thiazole rings is 1. The highest BCUT2D eigenvalue weighted by Crippen LogP contribution is 2.33. The van der Waals surface area contributed by atoms with Crippen molar-refractivity contribution in [2.75, 3.05) is 18.0 Å². The highest BCUT2D eigenvalue weighted by atomic mass is 35.5. The normalized spacial score (nSPS) is 21.0. The number of carboxylic acids is 1. The summed E-state index contributed by atoms with van der Waals surface area (Å²) < 4.78 is 0.687. The third-order valence-electron chi connectivity index (χ3n) is 6.94. The number of aromatic nitrogens is 3. The van der Waals surface area contributed by atoms with E-state index in [0.29, 0.717) is 40.9 Å². The van der Waals surface area contributed by atoms with Crippen LogP contribution in [-0.4, -0.2) is 63.1 Å². The number of aromatic amines is 1. The van der Waals surface area contributed by atoms with E-state index >= 15 is 0 Å². The number of piperidine rings is 1. The van der Waals surface area contributed by atoms with Crippen molar-refractivity contribution in [3.8, 4) is 0 Å². The molecule has 2 aromatic heterocycles. The van der Waals surface area contributed by atoms with Gasteiger partial charge in [-0.3, -0.25) is 4.79 Å². The minimum Gasteiger partial charge on any atom is -0.478 e. The summed E-state index contributed by atoms with van der Waals surface area (Å²) in [6, 6.07) is 5.58. The van der Waals surface area contributed by atoms with Gasteiger partial charge in [-0.2, -0.15) is 0 Å². The Kier molecular flexibility index (Phi) is 6.95. The molecule has 1 aromatic carbocycles. The van der Waals surface area contributed by atoms with Gasteiger partial charge in [-0.15, -0.1) is 0 Å². The van der Waals surface area contributed by atoms with Crippen molar-refractivity contribution in [3.05, 3.63) is 40.4 Å². The van der Waals surface area contributed by atoms with Crippen LogP contribution in [0.5, 0.6) is 0 Å². The van der Waals surface area contributed by atoms with Gasteiger partial charge in [0.1, 0.15) is 0 Å². The Morgan fingerprint density at radius 2 is 2.03 bits per heavy atom. The minimum atomic E-state index is -0.947. The fourth-order valence-corrected chi connectivity index (χ4v) is 6.44. The second kappa shape index (κ2) is 10.1. The van der Waals surface area contributed by atoms with E-state index in [1.807, 2.05) is 13.0 Å². The van der Waals surface area contributed by atoms with Gasteiger partial charge >= 0.3 is 5.97 Å². The predicted octanol–water partition coefficient (Wildman–Crippen LogP) is 3.84. The molecular formula is C24H29ClN6O3S. The first-order valence-electron chi connectivity index (χ1n) is 12.1. The molecule has 2 aliphatic rings. The number of nitrogens with one attached hydrogen (secondary N) is 3. The smallest absolute Gasteiger partial charge is 0.337 e. The molecule has 4 N–H and O–H groups in total. The average molecular weight is 517 g/mol. The number of benzene rings is 1. The number of hydrogen-bond donors (Lipinski definition) is 4. The average Bonchev–Trinajstić information content (AvgIpc) is 3.59. The van der Waals surface area contributed by atoms with Crippen LogP contribution in [0.3, 0.4) is 0 Å². The third-order valence-corrected chi connectivity index (χ3v) is 8.41.